The van der Waals surface area contributed by atoms with E-state index in [1.54, 1.807) is 13.0 Å². The van der Waals surface area contributed by atoms with E-state index in [1.807, 2.05) is 48.5 Å². The van der Waals surface area contributed by atoms with Crippen LogP contribution in [0.5, 0.6) is 0 Å². The molecule has 106 valence electrons. The lowest BCUT2D eigenvalue weighted by atomic mass is 9.88. The highest BCUT2D eigenvalue weighted by Crippen LogP contribution is 2.28. The molecule has 0 fully saturated rings. The molecule has 3 aromatic carbocycles. The van der Waals surface area contributed by atoms with E-state index >= 15 is 0 Å². The van der Waals surface area contributed by atoms with Gasteiger partial charge in [-0.05, 0) is 47.0 Å². The molecule has 21 heavy (non-hydrogen) atoms. The highest BCUT2D eigenvalue weighted by molar-refractivity contribution is 5.83. The third kappa shape index (κ3) is 2.96. The summed E-state index contributed by atoms with van der Waals surface area (Å²) in [6.07, 6.45) is 0.378. The Hall–Kier alpha value is -2.19. The summed E-state index contributed by atoms with van der Waals surface area (Å²) < 4.78 is 13.3. The van der Waals surface area contributed by atoms with Crippen LogP contribution < -0.4 is 0 Å². The van der Waals surface area contributed by atoms with Gasteiger partial charge in [-0.25, -0.2) is 4.39 Å². The fourth-order valence-corrected chi connectivity index (χ4v) is 2.67. The molecule has 0 aliphatic heterocycles. The third-order valence-electron chi connectivity index (χ3n) is 3.81. The van der Waals surface area contributed by atoms with Gasteiger partial charge in [0.25, 0.3) is 0 Å². The van der Waals surface area contributed by atoms with Crippen LogP contribution in [0.3, 0.4) is 0 Å². The van der Waals surface area contributed by atoms with Crippen molar-refractivity contribution in [3.05, 3.63) is 83.7 Å². The maximum absolute atomic E-state index is 13.3. The van der Waals surface area contributed by atoms with Gasteiger partial charge < -0.3 is 5.11 Å². The third-order valence-corrected chi connectivity index (χ3v) is 3.81. The summed E-state index contributed by atoms with van der Waals surface area (Å²) in [5, 5.41) is 13.0. The predicted octanol–water partition coefficient (Wildman–Crippen LogP) is 4.43. The fourth-order valence-electron chi connectivity index (χ4n) is 2.67. The van der Waals surface area contributed by atoms with Gasteiger partial charge in [-0.2, -0.15) is 0 Å². The molecule has 3 aromatic rings. The lowest BCUT2D eigenvalue weighted by Gasteiger charge is -2.24. The zero-order chi connectivity index (χ0) is 14.9. The van der Waals surface area contributed by atoms with Crippen molar-refractivity contribution in [2.75, 3.05) is 0 Å². The molecule has 0 radical (unpaired) electrons. The quantitative estimate of drug-likeness (QED) is 0.752. The van der Waals surface area contributed by atoms with E-state index in [1.165, 1.54) is 12.1 Å². The normalized spacial score (nSPS) is 14.0. The summed E-state index contributed by atoms with van der Waals surface area (Å²) in [6.45, 7) is 1.77. The fraction of sp³-hybridized carbons (Fsp3) is 0.158. The van der Waals surface area contributed by atoms with Crippen LogP contribution >= 0.6 is 0 Å². The van der Waals surface area contributed by atoms with Crippen LogP contribution in [0.1, 0.15) is 18.1 Å². The molecule has 0 heterocycles. The summed E-state index contributed by atoms with van der Waals surface area (Å²) in [6, 6.07) is 20.3. The van der Waals surface area contributed by atoms with E-state index in [9.17, 15) is 9.50 Å². The van der Waals surface area contributed by atoms with Gasteiger partial charge >= 0.3 is 0 Å². The number of hydrogen-bond donors (Lipinski definition) is 1. The SMILES string of the molecule is CC(O)(Cc1cccc(F)c1)c1ccc2ccccc2c1. The van der Waals surface area contributed by atoms with Crippen LogP contribution in [-0.4, -0.2) is 5.11 Å². The maximum atomic E-state index is 13.3. The van der Waals surface area contributed by atoms with Crippen LogP contribution in [0.15, 0.2) is 66.7 Å². The van der Waals surface area contributed by atoms with Crippen LogP contribution in [-0.2, 0) is 12.0 Å². The van der Waals surface area contributed by atoms with E-state index < -0.39 is 5.60 Å². The summed E-state index contributed by atoms with van der Waals surface area (Å²) in [5.41, 5.74) is 0.594. The minimum Gasteiger partial charge on any atom is -0.385 e. The lowest BCUT2D eigenvalue weighted by molar-refractivity contribution is 0.0577. The Balaban J connectivity index is 1.95. The van der Waals surface area contributed by atoms with Crippen molar-refractivity contribution in [3.8, 4) is 0 Å². The molecular weight excluding hydrogens is 263 g/mol. The number of benzene rings is 3. The Morgan fingerprint density at radius 3 is 2.43 bits per heavy atom. The van der Waals surface area contributed by atoms with Crippen LogP contribution in [0.2, 0.25) is 0 Å². The molecule has 0 bridgehead atoms. The average molecular weight is 280 g/mol. The van der Waals surface area contributed by atoms with Crippen molar-refractivity contribution in [2.24, 2.45) is 0 Å². The van der Waals surface area contributed by atoms with Crippen LogP contribution in [0.4, 0.5) is 4.39 Å². The second-order valence-corrected chi connectivity index (χ2v) is 5.64. The molecule has 1 nitrogen and oxygen atoms in total. The number of rotatable bonds is 3. The van der Waals surface area contributed by atoms with Crippen molar-refractivity contribution < 1.29 is 9.50 Å². The summed E-state index contributed by atoms with van der Waals surface area (Å²) >= 11 is 0. The standard InChI is InChI=1S/C19H17FO/c1-19(21,13-14-5-4-8-18(20)11-14)17-10-9-15-6-2-3-7-16(15)12-17/h2-12,21H,13H2,1H3. The second-order valence-electron chi connectivity index (χ2n) is 5.64. The Morgan fingerprint density at radius 1 is 0.905 bits per heavy atom. The number of fused-ring (bicyclic) bond motifs is 1. The summed E-state index contributed by atoms with van der Waals surface area (Å²) in [7, 11) is 0. The van der Waals surface area contributed by atoms with Gasteiger partial charge in [-0.15, -0.1) is 0 Å². The smallest absolute Gasteiger partial charge is 0.123 e. The van der Waals surface area contributed by atoms with Gasteiger partial charge in [0.15, 0.2) is 0 Å². The minimum absolute atomic E-state index is 0.276. The number of aliphatic hydroxyl groups is 1. The molecule has 0 spiro atoms. The van der Waals surface area contributed by atoms with Gasteiger partial charge in [-0.1, -0.05) is 48.5 Å². The highest BCUT2D eigenvalue weighted by atomic mass is 19.1. The molecule has 0 aromatic heterocycles. The molecule has 2 heteroatoms. The second kappa shape index (κ2) is 5.30. The van der Waals surface area contributed by atoms with E-state index in [0.29, 0.717) is 6.42 Å². The van der Waals surface area contributed by atoms with Crippen molar-refractivity contribution in [2.45, 2.75) is 18.9 Å². The molecular formula is C19H17FO. The van der Waals surface area contributed by atoms with Gasteiger partial charge in [-0.3, -0.25) is 0 Å². The van der Waals surface area contributed by atoms with Crippen LogP contribution in [0, 0.1) is 5.82 Å². The first kappa shape index (κ1) is 13.8. The largest absolute Gasteiger partial charge is 0.385 e. The molecule has 1 unspecified atom stereocenters. The average Bonchev–Trinajstić information content (AvgIpc) is 2.46. The maximum Gasteiger partial charge on any atom is 0.123 e. The monoisotopic (exact) mass is 280 g/mol. The number of halogens is 1. The van der Waals surface area contributed by atoms with Gasteiger partial charge in [0.2, 0.25) is 0 Å². The minimum atomic E-state index is -1.03. The Morgan fingerprint density at radius 2 is 1.67 bits per heavy atom. The predicted molar refractivity (Wildman–Crippen MR) is 83.6 cm³/mol. The van der Waals surface area contributed by atoms with E-state index in [-0.39, 0.29) is 5.82 Å². The topological polar surface area (TPSA) is 20.2 Å². The van der Waals surface area contributed by atoms with Crippen LogP contribution in [0.25, 0.3) is 10.8 Å². The van der Waals surface area contributed by atoms with Gasteiger partial charge in [0.1, 0.15) is 5.82 Å². The van der Waals surface area contributed by atoms with Gasteiger partial charge in [0.05, 0.1) is 5.60 Å². The molecule has 0 aliphatic carbocycles. The molecule has 0 saturated carbocycles. The van der Waals surface area contributed by atoms with Crippen molar-refractivity contribution in [3.63, 3.8) is 0 Å². The van der Waals surface area contributed by atoms with E-state index in [4.69, 9.17) is 0 Å². The van der Waals surface area contributed by atoms with Crippen molar-refractivity contribution >= 4 is 10.8 Å². The van der Waals surface area contributed by atoms with Crippen molar-refractivity contribution in [1.82, 2.24) is 0 Å². The summed E-state index contributed by atoms with van der Waals surface area (Å²) in [4.78, 5) is 0. The van der Waals surface area contributed by atoms with Crippen molar-refractivity contribution in [1.29, 1.82) is 0 Å². The Bertz CT molecular complexity index is 777. The lowest BCUT2D eigenvalue weighted by Crippen LogP contribution is -2.24. The van der Waals surface area contributed by atoms with E-state index in [0.717, 1.165) is 21.9 Å². The first-order chi connectivity index (χ1) is 10.0. The molecule has 1 N–H and O–H groups in total. The zero-order valence-electron chi connectivity index (χ0n) is 11.9. The Labute approximate surface area is 123 Å². The highest BCUT2D eigenvalue weighted by Gasteiger charge is 2.23. The first-order valence-electron chi connectivity index (χ1n) is 7.01. The number of hydrogen-bond acceptors (Lipinski definition) is 1. The Kier molecular flexibility index (Phi) is 3.48. The first-order valence-corrected chi connectivity index (χ1v) is 7.01. The molecule has 3 rings (SSSR count). The zero-order valence-corrected chi connectivity index (χ0v) is 11.9. The van der Waals surface area contributed by atoms with E-state index in [2.05, 4.69) is 0 Å². The molecule has 1 atom stereocenters. The molecule has 0 amide bonds. The molecule has 0 aliphatic rings. The summed E-state index contributed by atoms with van der Waals surface area (Å²) in [5.74, 6) is -0.276. The molecule has 0 saturated heterocycles. The van der Waals surface area contributed by atoms with Gasteiger partial charge in [0, 0.05) is 6.42 Å².